The maximum Gasteiger partial charge on any atom is 0.317 e. The Balaban J connectivity index is 1.58. The summed E-state index contributed by atoms with van der Waals surface area (Å²) >= 11 is 0. The lowest BCUT2D eigenvalue weighted by molar-refractivity contribution is -0.148. The third kappa shape index (κ3) is 2.61. The quantitative estimate of drug-likeness (QED) is 0.826. The number of rotatable bonds is 4. The third-order valence-electron chi connectivity index (χ3n) is 5.24. The average molecular weight is 296 g/mol. The van der Waals surface area contributed by atoms with Crippen LogP contribution in [-0.2, 0) is 9.53 Å². The van der Waals surface area contributed by atoms with E-state index in [9.17, 15) is 14.7 Å². The van der Waals surface area contributed by atoms with Gasteiger partial charge in [-0.3, -0.25) is 4.79 Å². The number of carbonyl (C=O) groups is 2. The number of nitrogens with zero attached hydrogens (tertiary/aromatic N) is 1. The average Bonchev–Trinajstić information content (AvgIpc) is 3.13. The number of amides is 2. The minimum atomic E-state index is -0.775. The fraction of sp³-hybridized carbons (Fsp3) is 0.867. The number of carbonyl (C=O) groups excluding carboxylic acids is 1. The van der Waals surface area contributed by atoms with Gasteiger partial charge in [0, 0.05) is 13.1 Å². The van der Waals surface area contributed by atoms with E-state index in [1.54, 1.807) is 4.90 Å². The van der Waals surface area contributed by atoms with Gasteiger partial charge in [-0.15, -0.1) is 0 Å². The van der Waals surface area contributed by atoms with Crippen molar-refractivity contribution in [2.45, 2.75) is 63.7 Å². The Morgan fingerprint density at radius 2 is 2.24 bits per heavy atom. The van der Waals surface area contributed by atoms with Crippen molar-refractivity contribution in [3.63, 3.8) is 0 Å². The molecule has 2 N–H and O–H groups in total. The molecule has 3 rings (SSSR count). The predicted octanol–water partition coefficient (Wildman–Crippen LogP) is 1.59. The molecule has 4 atom stereocenters. The van der Waals surface area contributed by atoms with Crippen molar-refractivity contribution < 1.29 is 19.4 Å². The van der Waals surface area contributed by atoms with Crippen molar-refractivity contribution >= 4 is 12.0 Å². The fourth-order valence-corrected chi connectivity index (χ4v) is 4.05. The first-order chi connectivity index (χ1) is 10.0. The summed E-state index contributed by atoms with van der Waals surface area (Å²) in [5.74, 6) is -0.775. The number of aliphatic carboxylic acids is 1. The van der Waals surface area contributed by atoms with E-state index in [0.717, 1.165) is 25.7 Å². The number of ether oxygens (including phenoxy) is 1. The van der Waals surface area contributed by atoms with E-state index >= 15 is 0 Å². The maximum atomic E-state index is 12.4. The molecule has 118 valence electrons. The number of nitrogens with one attached hydrogen (secondary N) is 1. The van der Waals surface area contributed by atoms with Crippen LogP contribution in [0.15, 0.2) is 0 Å². The second-order valence-corrected chi connectivity index (χ2v) is 6.67. The van der Waals surface area contributed by atoms with Crippen molar-refractivity contribution in [3.8, 4) is 0 Å². The molecule has 3 aliphatic heterocycles. The zero-order valence-corrected chi connectivity index (χ0v) is 12.5. The smallest absolute Gasteiger partial charge is 0.317 e. The van der Waals surface area contributed by atoms with E-state index < -0.39 is 11.4 Å². The molecule has 2 bridgehead atoms. The highest BCUT2D eigenvalue weighted by Gasteiger charge is 2.47. The summed E-state index contributed by atoms with van der Waals surface area (Å²) in [6, 6.07) is -0.0300. The lowest BCUT2D eigenvalue weighted by atomic mass is 9.83. The second kappa shape index (κ2) is 5.48. The van der Waals surface area contributed by atoms with Gasteiger partial charge in [-0.2, -0.15) is 0 Å². The van der Waals surface area contributed by atoms with Crippen LogP contribution in [-0.4, -0.2) is 53.3 Å². The zero-order valence-electron chi connectivity index (χ0n) is 12.5. The van der Waals surface area contributed by atoms with Gasteiger partial charge in [0.1, 0.15) is 0 Å². The van der Waals surface area contributed by atoms with Crippen LogP contribution in [0.25, 0.3) is 0 Å². The van der Waals surface area contributed by atoms with E-state index in [2.05, 4.69) is 5.32 Å². The molecular weight excluding hydrogens is 272 g/mol. The molecular formula is C15H24N2O4. The largest absolute Gasteiger partial charge is 0.481 e. The monoisotopic (exact) mass is 296 g/mol. The SMILES string of the molecule is CCCC1(C(=O)O)CCN(C(=O)NC2CC3CCC2O3)C1. The number of carboxylic acids is 1. The Morgan fingerprint density at radius 1 is 1.43 bits per heavy atom. The number of likely N-dealkylation sites (tertiary alicyclic amines) is 1. The summed E-state index contributed by atoms with van der Waals surface area (Å²) in [6.45, 7) is 2.84. The van der Waals surface area contributed by atoms with E-state index in [4.69, 9.17) is 4.74 Å². The molecule has 2 amide bonds. The van der Waals surface area contributed by atoms with Crippen LogP contribution in [0.2, 0.25) is 0 Å². The molecule has 3 heterocycles. The van der Waals surface area contributed by atoms with Crippen LogP contribution < -0.4 is 5.32 Å². The van der Waals surface area contributed by atoms with Gasteiger partial charge >= 0.3 is 12.0 Å². The lowest BCUT2D eigenvalue weighted by Gasteiger charge is -2.26. The Kier molecular flexibility index (Phi) is 3.82. The summed E-state index contributed by atoms with van der Waals surface area (Å²) in [6.07, 6.45) is 5.47. The van der Waals surface area contributed by atoms with E-state index in [1.165, 1.54) is 0 Å². The van der Waals surface area contributed by atoms with Gasteiger partial charge in [0.15, 0.2) is 0 Å². The van der Waals surface area contributed by atoms with Crippen LogP contribution in [0.5, 0.6) is 0 Å². The third-order valence-corrected chi connectivity index (χ3v) is 5.24. The molecule has 0 aliphatic carbocycles. The van der Waals surface area contributed by atoms with Crippen molar-refractivity contribution in [1.82, 2.24) is 10.2 Å². The second-order valence-electron chi connectivity index (χ2n) is 6.67. The Morgan fingerprint density at radius 3 is 2.81 bits per heavy atom. The summed E-state index contributed by atoms with van der Waals surface area (Å²) in [4.78, 5) is 25.6. The highest BCUT2D eigenvalue weighted by molar-refractivity contribution is 5.80. The van der Waals surface area contributed by atoms with Gasteiger partial charge in [-0.05, 0) is 32.1 Å². The minimum absolute atomic E-state index is 0.0993. The van der Waals surface area contributed by atoms with Crippen molar-refractivity contribution in [2.24, 2.45) is 5.41 Å². The molecule has 21 heavy (non-hydrogen) atoms. The van der Waals surface area contributed by atoms with Gasteiger partial charge in [0.05, 0.1) is 23.7 Å². The first-order valence-electron chi connectivity index (χ1n) is 7.98. The van der Waals surface area contributed by atoms with Gasteiger partial charge in [0.2, 0.25) is 0 Å². The highest BCUT2D eigenvalue weighted by atomic mass is 16.5. The Bertz CT molecular complexity index is 441. The van der Waals surface area contributed by atoms with Gasteiger partial charge < -0.3 is 20.1 Å². The molecule has 3 saturated heterocycles. The molecule has 0 spiro atoms. The number of hydrogen-bond acceptors (Lipinski definition) is 3. The summed E-state index contributed by atoms with van der Waals surface area (Å²) in [7, 11) is 0. The van der Waals surface area contributed by atoms with Gasteiger partial charge in [0.25, 0.3) is 0 Å². The first-order valence-corrected chi connectivity index (χ1v) is 7.98. The molecule has 3 aliphatic rings. The maximum absolute atomic E-state index is 12.4. The molecule has 0 aromatic heterocycles. The van der Waals surface area contributed by atoms with Crippen molar-refractivity contribution in [3.05, 3.63) is 0 Å². The topological polar surface area (TPSA) is 78.9 Å². The van der Waals surface area contributed by atoms with Crippen LogP contribution in [0, 0.1) is 5.41 Å². The molecule has 4 unspecified atom stereocenters. The number of urea groups is 1. The summed E-state index contributed by atoms with van der Waals surface area (Å²) in [5, 5.41) is 12.5. The van der Waals surface area contributed by atoms with Crippen LogP contribution in [0.4, 0.5) is 4.79 Å². The molecule has 0 aromatic carbocycles. The van der Waals surface area contributed by atoms with E-state index in [-0.39, 0.29) is 18.2 Å². The molecule has 0 saturated carbocycles. The minimum Gasteiger partial charge on any atom is -0.481 e. The highest BCUT2D eigenvalue weighted by Crippen LogP contribution is 2.37. The Hall–Kier alpha value is -1.30. The van der Waals surface area contributed by atoms with Crippen LogP contribution in [0.1, 0.15) is 45.4 Å². The number of fused-ring (bicyclic) bond motifs is 2. The van der Waals surface area contributed by atoms with Crippen molar-refractivity contribution in [2.75, 3.05) is 13.1 Å². The summed E-state index contributed by atoms with van der Waals surface area (Å²) in [5.41, 5.74) is -0.753. The predicted molar refractivity (Wildman–Crippen MR) is 76.0 cm³/mol. The summed E-state index contributed by atoms with van der Waals surface area (Å²) < 4.78 is 5.74. The molecule has 0 aromatic rings. The van der Waals surface area contributed by atoms with Gasteiger partial charge in [-0.1, -0.05) is 13.3 Å². The first kappa shape index (κ1) is 14.6. The molecule has 3 fully saturated rings. The normalized spacial score (nSPS) is 38.0. The van der Waals surface area contributed by atoms with Crippen LogP contribution >= 0.6 is 0 Å². The Labute approximate surface area is 124 Å². The number of hydrogen-bond donors (Lipinski definition) is 2. The van der Waals surface area contributed by atoms with Crippen molar-refractivity contribution in [1.29, 1.82) is 0 Å². The van der Waals surface area contributed by atoms with Gasteiger partial charge in [-0.25, -0.2) is 4.79 Å². The number of carboxylic acid groups (broad SMARTS) is 1. The van der Waals surface area contributed by atoms with Crippen LogP contribution in [0.3, 0.4) is 0 Å². The lowest BCUT2D eigenvalue weighted by Crippen LogP contribution is -2.48. The molecule has 0 radical (unpaired) electrons. The van der Waals surface area contributed by atoms with E-state index in [0.29, 0.717) is 32.0 Å². The molecule has 6 nitrogen and oxygen atoms in total. The fourth-order valence-electron chi connectivity index (χ4n) is 4.05. The molecule has 6 heteroatoms. The van der Waals surface area contributed by atoms with E-state index in [1.807, 2.05) is 6.92 Å². The standard InChI is InChI=1S/C15H24N2O4/c1-2-5-15(13(18)19)6-7-17(9-15)14(20)16-11-8-10-3-4-12(11)21-10/h10-12H,2-9H2,1H3,(H,16,20)(H,18,19). The zero-order chi connectivity index (χ0) is 15.0.